The lowest BCUT2D eigenvalue weighted by Crippen LogP contribution is -2.21. The zero-order valence-corrected chi connectivity index (χ0v) is 16.9. The summed E-state index contributed by atoms with van der Waals surface area (Å²) in [6.07, 6.45) is -3.05. The molecule has 0 unspecified atom stereocenters. The molecule has 9 heteroatoms. The lowest BCUT2D eigenvalue weighted by atomic mass is 10.0. The quantitative estimate of drug-likeness (QED) is 0.257. The first-order chi connectivity index (χ1) is 15.6. The maximum atomic E-state index is 14.5. The second kappa shape index (κ2) is 9.81. The Bertz CT molecular complexity index is 1200. The van der Waals surface area contributed by atoms with Gasteiger partial charge >= 0.3 is 18.2 Å². The first-order valence-electron chi connectivity index (χ1n) is 9.39. The van der Waals surface area contributed by atoms with E-state index in [-0.39, 0.29) is 11.1 Å². The van der Waals surface area contributed by atoms with Gasteiger partial charge in [0.1, 0.15) is 11.6 Å². The van der Waals surface area contributed by atoms with Gasteiger partial charge in [-0.2, -0.15) is 22.0 Å². The minimum absolute atomic E-state index is 0.0691. The molecule has 0 fully saturated rings. The van der Waals surface area contributed by atoms with Crippen LogP contribution in [0.5, 0.6) is 11.5 Å². The largest absolute Gasteiger partial charge is 0.429 e. The number of halogens is 7. The molecule has 0 saturated heterocycles. The molecule has 0 N–H and O–H groups in total. The highest BCUT2D eigenvalue weighted by atomic mass is 19.3. The van der Waals surface area contributed by atoms with E-state index in [4.69, 9.17) is 0 Å². The summed E-state index contributed by atoms with van der Waals surface area (Å²) in [5.74, 6) is -3.58. The fourth-order valence-corrected chi connectivity index (χ4v) is 2.87. The smallest absolute Gasteiger partial charge is 0.426 e. The van der Waals surface area contributed by atoms with Gasteiger partial charge in [0.2, 0.25) is 0 Å². The van der Waals surface area contributed by atoms with E-state index in [1.807, 2.05) is 0 Å². The van der Waals surface area contributed by atoms with Crippen molar-refractivity contribution in [3.05, 3.63) is 102 Å². The van der Waals surface area contributed by atoms with Crippen LogP contribution in [0.25, 0.3) is 17.2 Å². The first-order valence-corrected chi connectivity index (χ1v) is 9.39. The Kier molecular flexibility index (Phi) is 7.10. The third kappa shape index (κ3) is 5.74. The van der Waals surface area contributed by atoms with Gasteiger partial charge in [0.05, 0.1) is 5.56 Å². The Labute approximate surface area is 184 Å². The maximum absolute atomic E-state index is 14.5. The van der Waals surface area contributed by atoms with Gasteiger partial charge in [-0.15, -0.1) is 0 Å². The minimum Gasteiger partial charge on any atom is -0.429 e. The molecule has 0 amide bonds. The zero-order valence-electron chi connectivity index (χ0n) is 16.9. The van der Waals surface area contributed by atoms with Crippen molar-refractivity contribution in [2.75, 3.05) is 0 Å². The molecule has 0 heterocycles. The van der Waals surface area contributed by atoms with E-state index >= 15 is 0 Å². The van der Waals surface area contributed by atoms with Gasteiger partial charge in [0.15, 0.2) is 11.6 Å². The van der Waals surface area contributed by atoms with Crippen LogP contribution in [0.15, 0.2) is 78.8 Å². The maximum Gasteiger partial charge on any atom is 0.426 e. The van der Waals surface area contributed by atoms with Crippen molar-refractivity contribution < 1.29 is 40.2 Å². The van der Waals surface area contributed by atoms with Crippen LogP contribution in [-0.4, -0.2) is 0 Å². The van der Waals surface area contributed by atoms with E-state index in [1.165, 1.54) is 24.3 Å². The van der Waals surface area contributed by atoms with Crippen LogP contribution >= 0.6 is 0 Å². The van der Waals surface area contributed by atoms with Gasteiger partial charge < -0.3 is 9.47 Å². The molecule has 0 aliphatic rings. The Morgan fingerprint density at radius 1 is 0.848 bits per heavy atom. The van der Waals surface area contributed by atoms with Crippen LogP contribution in [0.2, 0.25) is 0 Å². The summed E-state index contributed by atoms with van der Waals surface area (Å²) in [6.45, 7) is 1.78. The molecule has 0 radical (unpaired) electrons. The van der Waals surface area contributed by atoms with Crippen molar-refractivity contribution in [3.8, 4) is 22.6 Å². The molecule has 0 aliphatic carbocycles. The normalized spacial score (nSPS) is 11.5. The van der Waals surface area contributed by atoms with Crippen LogP contribution in [0, 0.1) is 11.6 Å². The monoisotopic (exact) mass is 468 g/mol. The molecule has 2 nitrogen and oxygen atoms in total. The molecular weight excluding hydrogens is 453 g/mol. The lowest BCUT2D eigenvalue weighted by molar-refractivity contribution is -0.185. The second-order valence-electron chi connectivity index (χ2n) is 6.66. The van der Waals surface area contributed by atoms with Gasteiger partial charge in [0, 0.05) is 11.6 Å². The zero-order chi connectivity index (χ0) is 24.2. The van der Waals surface area contributed by atoms with Crippen LogP contribution in [-0.2, 0) is 6.11 Å². The number of hydrogen-bond donors (Lipinski definition) is 0. The highest BCUT2D eigenvalue weighted by Gasteiger charge is 2.34. The number of hydrogen-bond acceptors (Lipinski definition) is 2. The van der Waals surface area contributed by atoms with E-state index in [2.05, 4.69) is 9.47 Å². The highest BCUT2D eigenvalue weighted by Crippen LogP contribution is 2.35. The van der Waals surface area contributed by atoms with Crippen LogP contribution < -0.4 is 9.47 Å². The summed E-state index contributed by atoms with van der Waals surface area (Å²) < 4.78 is 103. The van der Waals surface area contributed by atoms with Gasteiger partial charge in [0.25, 0.3) is 0 Å². The average Bonchev–Trinajstić information content (AvgIpc) is 2.75. The summed E-state index contributed by atoms with van der Waals surface area (Å²) in [4.78, 5) is 0. The third-order valence-electron chi connectivity index (χ3n) is 4.38. The molecule has 172 valence electrons. The standard InChI is InChI=1S/C24H15F7O2/c1-2-3-14-4-7-16(8-5-14)24(30,31)33-17-9-10-18(19(25)13-17)15-6-11-21(20(26)12-15)32-23(29)22(27)28/h2-13H,1H3/b3-2+. The van der Waals surface area contributed by atoms with Crippen LogP contribution in [0.1, 0.15) is 18.1 Å². The predicted octanol–water partition coefficient (Wildman–Crippen LogP) is 8.21. The van der Waals surface area contributed by atoms with Crippen molar-refractivity contribution in [2.45, 2.75) is 13.0 Å². The van der Waals surface area contributed by atoms with E-state index < -0.39 is 46.9 Å². The fourth-order valence-electron chi connectivity index (χ4n) is 2.87. The number of alkyl halides is 2. The van der Waals surface area contributed by atoms with Gasteiger partial charge in [-0.1, -0.05) is 30.4 Å². The molecule has 0 bridgehead atoms. The predicted molar refractivity (Wildman–Crippen MR) is 108 cm³/mol. The van der Waals surface area contributed by atoms with Crippen molar-refractivity contribution in [1.29, 1.82) is 0 Å². The van der Waals surface area contributed by atoms with E-state index in [1.54, 1.807) is 19.1 Å². The molecule has 0 aromatic heterocycles. The average molecular weight is 468 g/mol. The SMILES string of the molecule is C/C=C/c1ccc(C(F)(F)Oc2ccc(-c3ccc(OC(F)=C(F)F)c(F)c3)c(F)c2)cc1. The van der Waals surface area contributed by atoms with Gasteiger partial charge in [-0.25, -0.2) is 8.78 Å². The number of allylic oxidation sites excluding steroid dienone is 1. The van der Waals surface area contributed by atoms with Crippen molar-refractivity contribution in [1.82, 2.24) is 0 Å². The Balaban J connectivity index is 1.81. The highest BCUT2D eigenvalue weighted by molar-refractivity contribution is 5.66. The minimum atomic E-state index is -3.75. The Morgan fingerprint density at radius 3 is 2.12 bits per heavy atom. The fraction of sp³-hybridized carbons (Fsp3) is 0.0833. The molecule has 3 rings (SSSR count). The molecule has 3 aromatic rings. The van der Waals surface area contributed by atoms with E-state index in [0.717, 1.165) is 30.3 Å². The molecule has 33 heavy (non-hydrogen) atoms. The first kappa shape index (κ1) is 23.9. The molecule has 0 atom stereocenters. The number of rotatable bonds is 7. The van der Waals surface area contributed by atoms with Crippen molar-refractivity contribution in [2.24, 2.45) is 0 Å². The summed E-state index contributed by atoms with van der Waals surface area (Å²) in [5.41, 5.74) is 0.00780. The van der Waals surface area contributed by atoms with Crippen LogP contribution in [0.4, 0.5) is 30.7 Å². The van der Waals surface area contributed by atoms with Crippen LogP contribution in [0.3, 0.4) is 0 Å². The topological polar surface area (TPSA) is 18.5 Å². The molecular formula is C24H15F7O2. The number of benzene rings is 3. The number of ether oxygens (including phenoxy) is 2. The lowest BCUT2D eigenvalue weighted by Gasteiger charge is -2.19. The van der Waals surface area contributed by atoms with Crippen molar-refractivity contribution in [3.63, 3.8) is 0 Å². The third-order valence-corrected chi connectivity index (χ3v) is 4.38. The summed E-state index contributed by atoms with van der Waals surface area (Å²) in [5, 5.41) is 0. The Morgan fingerprint density at radius 2 is 1.55 bits per heavy atom. The molecule has 0 saturated carbocycles. The summed E-state index contributed by atoms with van der Waals surface area (Å²) in [6, 6.07) is 8.49. The van der Waals surface area contributed by atoms with E-state index in [0.29, 0.717) is 11.6 Å². The molecule has 0 aliphatic heterocycles. The Hall–Kier alpha value is -3.75. The second-order valence-corrected chi connectivity index (χ2v) is 6.66. The molecule has 3 aromatic carbocycles. The van der Waals surface area contributed by atoms with E-state index in [9.17, 15) is 30.7 Å². The van der Waals surface area contributed by atoms with Crippen molar-refractivity contribution >= 4 is 6.08 Å². The van der Waals surface area contributed by atoms with Gasteiger partial charge in [-0.3, -0.25) is 0 Å². The summed E-state index contributed by atoms with van der Waals surface area (Å²) >= 11 is 0. The molecule has 0 spiro atoms. The summed E-state index contributed by atoms with van der Waals surface area (Å²) in [7, 11) is 0. The van der Waals surface area contributed by atoms with Gasteiger partial charge in [-0.05, 0) is 54.4 Å².